The lowest BCUT2D eigenvalue weighted by Crippen LogP contribution is -2.31. The smallest absolute Gasteiger partial charge is 0.224 e. The average Bonchev–Trinajstić information content (AvgIpc) is 2.72. The van der Waals surface area contributed by atoms with Gasteiger partial charge < -0.3 is 25.4 Å². The molecule has 0 atom stereocenters. The molecule has 29 heavy (non-hydrogen) atoms. The molecule has 1 heterocycles. The number of nitrogens with one attached hydrogen (secondary N) is 2. The van der Waals surface area contributed by atoms with Crippen molar-refractivity contribution in [2.24, 2.45) is 5.92 Å². The van der Waals surface area contributed by atoms with Crippen LogP contribution in [-0.2, 0) is 6.54 Å². The molecule has 1 aliphatic carbocycles. The second-order valence-electron chi connectivity index (χ2n) is 7.75. The number of methoxy groups -OCH3 is 1. The summed E-state index contributed by atoms with van der Waals surface area (Å²) in [5, 5.41) is 17.0. The Bertz CT molecular complexity index is 810. The molecule has 1 aliphatic rings. The molecule has 1 fully saturated rings. The number of hydrogen-bond acceptors (Lipinski definition) is 7. The van der Waals surface area contributed by atoms with E-state index in [1.165, 1.54) is 12.8 Å². The van der Waals surface area contributed by atoms with Gasteiger partial charge in [0.1, 0.15) is 5.82 Å². The van der Waals surface area contributed by atoms with Gasteiger partial charge in [0.05, 0.1) is 10.7 Å². The molecular weight excluding hydrogens is 481 g/mol. The van der Waals surface area contributed by atoms with Gasteiger partial charge in [-0.1, -0.05) is 0 Å². The Morgan fingerprint density at radius 1 is 1.24 bits per heavy atom. The molecule has 0 aliphatic heterocycles. The van der Waals surface area contributed by atoms with E-state index in [2.05, 4.69) is 43.2 Å². The quantitative estimate of drug-likeness (QED) is 0.467. The van der Waals surface area contributed by atoms with Crippen LogP contribution in [0.25, 0.3) is 0 Å². The second kappa shape index (κ2) is 10.3. The minimum absolute atomic E-state index is 0.211. The topological polar surface area (TPSA) is 82.5 Å². The number of anilines is 2. The van der Waals surface area contributed by atoms with E-state index in [0.29, 0.717) is 23.7 Å². The highest BCUT2D eigenvalue weighted by Gasteiger charge is 2.21. The number of rotatable bonds is 8. The Labute approximate surface area is 186 Å². The van der Waals surface area contributed by atoms with Gasteiger partial charge in [-0.05, 0) is 84.5 Å². The fraction of sp³-hybridized carbons (Fsp3) is 0.524. The molecule has 0 bridgehead atoms. The Balaban J connectivity index is 1.42. The van der Waals surface area contributed by atoms with E-state index in [9.17, 15) is 5.11 Å². The molecule has 1 aromatic carbocycles. The predicted molar refractivity (Wildman–Crippen MR) is 125 cm³/mol. The summed E-state index contributed by atoms with van der Waals surface area (Å²) in [5.41, 5.74) is 1.12. The lowest BCUT2D eigenvalue weighted by atomic mass is 9.86. The van der Waals surface area contributed by atoms with Gasteiger partial charge in [-0.15, -0.1) is 0 Å². The Morgan fingerprint density at radius 3 is 2.69 bits per heavy atom. The van der Waals surface area contributed by atoms with Crippen molar-refractivity contribution in [2.75, 3.05) is 38.0 Å². The zero-order chi connectivity index (χ0) is 20.8. The van der Waals surface area contributed by atoms with Gasteiger partial charge in [-0.3, -0.25) is 0 Å². The van der Waals surface area contributed by atoms with Gasteiger partial charge >= 0.3 is 0 Å². The Morgan fingerprint density at radius 2 is 2.00 bits per heavy atom. The minimum atomic E-state index is 0.211. The standard InChI is InChI=1S/C21H30IN5O2/c1-27(2)19-8-9-24-21(26-19)25-16-6-4-14(5-7-16)12-23-13-15-10-17(22)20(28)18(11-15)29-3/h8-11,14,16,23,28H,4-7,12-13H2,1-3H3,(H,24,25,26)/t14-,16+. The summed E-state index contributed by atoms with van der Waals surface area (Å²) in [6, 6.07) is 6.24. The lowest BCUT2D eigenvalue weighted by Gasteiger charge is -2.29. The maximum atomic E-state index is 9.95. The second-order valence-corrected chi connectivity index (χ2v) is 8.92. The van der Waals surface area contributed by atoms with E-state index in [0.717, 1.165) is 40.9 Å². The predicted octanol–water partition coefficient (Wildman–Crippen LogP) is 3.62. The minimum Gasteiger partial charge on any atom is -0.504 e. The van der Waals surface area contributed by atoms with Crippen LogP contribution in [0, 0.1) is 9.49 Å². The van der Waals surface area contributed by atoms with E-state index in [4.69, 9.17) is 4.74 Å². The van der Waals surface area contributed by atoms with Crippen molar-refractivity contribution in [3.8, 4) is 11.5 Å². The Hall–Kier alpha value is -1.81. The van der Waals surface area contributed by atoms with Crippen LogP contribution < -0.4 is 20.3 Å². The number of hydrogen-bond donors (Lipinski definition) is 3. The maximum Gasteiger partial charge on any atom is 0.224 e. The molecule has 0 saturated heterocycles. The van der Waals surface area contributed by atoms with E-state index >= 15 is 0 Å². The number of aromatic nitrogens is 2. The average molecular weight is 511 g/mol. The third-order valence-corrected chi connectivity index (χ3v) is 6.17. The Kier molecular flexibility index (Phi) is 7.77. The van der Waals surface area contributed by atoms with Crippen molar-refractivity contribution in [1.82, 2.24) is 15.3 Å². The number of nitrogens with zero attached hydrogens (tertiary/aromatic N) is 3. The zero-order valence-corrected chi connectivity index (χ0v) is 19.4. The summed E-state index contributed by atoms with van der Waals surface area (Å²) < 4.78 is 6.05. The van der Waals surface area contributed by atoms with Crippen molar-refractivity contribution >= 4 is 34.4 Å². The molecule has 8 heteroatoms. The van der Waals surface area contributed by atoms with E-state index in [1.807, 2.05) is 37.2 Å². The van der Waals surface area contributed by atoms with Crippen LogP contribution in [0.3, 0.4) is 0 Å². The monoisotopic (exact) mass is 511 g/mol. The molecule has 0 amide bonds. The number of halogens is 1. The highest BCUT2D eigenvalue weighted by Crippen LogP contribution is 2.32. The molecule has 1 saturated carbocycles. The van der Waals surface area contributed by atoms with E-state index < -0.39 is 0 Å². The molecular formula is C21H30IN5O2. The third-order valence-electron chi connectivity index (χ3n) is 5.35. The highest BCUT2D eigenvalue weighted by atomic mass is 127. The van der Waals surface area contributed by atoms with Crippen LogP contribution in [0.5, 0.6) is 11.5 Å². The zero-order valence-electron chi connectivity index (χ0n) is 17.3. The fourth-order valence-corrected chi connectivity index (χ4v) is 4.33. The van der Waals surface area contributed by atoms with Crippen LogP contribution in [0.15, 0.2) is 24.4 Å². The van der Waals surface area contributed by atoms with Crippen LogP contribution in [-0.4, -0.2) is 48.9 Å². The maximum absolute atomic E-state index is 9.95. The number of ether oxygens (including phenoxy) is 1. The van der Waals surface area contributed by atoms with Crippen molar-refractivity contribution in [3.05, 3.63) is 33.5 Å². The largest absolute Gasteiger partial charge is 0.504 e. The number of aromatic hydroxyl groups is 1. The fourth-order valence-electron chi connectivity index (χ4n) is 3.67. The summed E-state index contributed by atoms with van der Waals surface area (Å²) in [6.07, 6.45) is 6.45. The van der Waals surface area contributed by atoms with Crippen molar-refractivity contribution < 1.29 is 9.84 Å². The molecule has 2 aromatic rings. The highest BCUT2D eigenvalue weighted by molar-refractivity contribution is 14.1. The van der Waals surface area contributed by atoms with Gasteiger partial charge in [-0.25, -0.2) is 4.98 Å². The first-order chi connectivity index (χ1) is 14.0. The van der Waals surface area contributed by atoms with E-state index in [-0.39, 0.29) is 5.75 Å². The summed E-state index contributed by atoms with van der Waals surface area (Å²) in [5.74, 6) is 3.05. The van der Waals surface area contributed by atoms with Crippen molar-refractivity contribution in [2.45, 2.75) is 38.3 Å². The third kappa shape index (κ3) is 6.08. The SMILES string of the molecule is COc1cc(CNC[C@H]2CC[C@@H](Nc3nccc(N(C)C)n3)CC2)cc(I)c1O. The van der Waals surface area contributed by atoms with Crippen LogP contribution in [0.1, 0.15) is 31.2 Å². The summed E-state index contributed by atoms with van der Waals surface area (Å²) in [6.45, 7) is 1.77. The van der Waals surface area contributed by atoms with Gasteiger partial charge in [0.2, 0.25) is 5.95 Å². The molecule has 1 aromatic heterocycles. The van der Waals surface area contributed by atoms with Gasteiger partial charge in [0.25, 0.3) is 0 Å². The molecule has 0 radical (unpaired) electrons. The summed E-state index contributed by atoms with van der Waals surface area (Å²) in [7, 11) is 5.55. The first-order valence-corrected chi connectivity index (χ1v) is 11.1. The summed E-state index contributed by atoms with van der Waals surface area (Å²) >= 11 is 2.13. The molecule has 3 rings (SSSR count). The van der Waals surface area contributed by atoms with Gasteiger partial charge in [0.15, 0.2) is 11.5 Å². The van der Waals surface area contributed by atoms with Crippen molar-refractivity contribution in [3.63, 3.8) is 0 Å². The normalized spacial score (nSPS) is 19.0. The van der Waals surface area contributed by atoms with Gasteiger partial charge in [-0.2, -0.15) is 4.98 Å². The van der Waals surface area contributed by atoms with E-state index in [1.54, 1.807) is 13.3 Å². The number of phenolic OH excluding ortho intramolecular Hbond substituents is 1. The molecule has 158 valence electrons. The number of phenols is 1. The van der Waals surface area contributed by atoms with Crippen molar-refractivity contribution in [1.29, 1.82) is 0 Å². The van der Waals surface area contributed by atoms with Crippen LogP contribution in [0.4, 0.5) is 11.8 Å². The van der Waals surface area contributed by atoms with Crippen LogP contribution >= 0.6 is 22.6 Å². The molecule has 3 N–H and O–H groups in total. The molecule has 7 nitrogen and oxygen atoms in total. The first kappa shape index (κ1) is 21.9. The first-order valence-electron chi connectivity index (χ1n) is 9.99. The lowest BCUT2D eigenvalue weighted by molar-refractivity contribution is 0.323. The molecule has 0 unspecified atom stereocenters. The summed E-state index contributed by atoms with van der Waals surface area (Å²) in [4.78, 5) is 10.9. The van der Waals surface area contributed by atoms with Crippen LogP contribution in [0.2, 0.25) is 0 Å². The number of benzene rings is 1. The van der Waals surface area contributed by atoms with Gasteiger partial charge in [0, 0.05) is 32.9 Å². The molecule has 0 spiro atoms.